The van der Waals surface area contributed by atoms with Gasteiger partial charge in [-0.05, 0) is 37.1 Å². The summed E-state index contributed by atoms with van der Waals surface area (Å²) in [7, 11) is -3.76. The van der Waals surface area contributed by atoms with E-state index < -0.39 is 14.9 Å². The molecule has 172 valence electrons. The van der Waals surface area contributed by atoms with Gasteiger partial charge < -0.3 is 14.9 Å². The van der Waals surface area contributed by atoms with Gasteiger partial charge in [-0.1, -0.05) is 25.0 Å². The van der Waals surface area contributed by atoms with Crippen molar-refractivity contribution in [2.24, 2.45) is 0 Å². The summed E-state index contributed by atoms with van der Waals surface area (Å²) in [4.78, 5) is 15.2. The van der Waals surface area contributed by atoms with Gasteiger partial charge in [-0.15, -0.1) is 0 Å². The standard InChI is InChI=1S/C22H28N4O5S/c27-22-8-4-3-7-20(22)24-15-13-23(14-16-24)19-10-9-18(17-21(19)26(28)29)32(30,31)25-11-5-1-2-6-12-25/h3-4,7-10,17,27H,1-2,5-6,11-16H2. The largest absolute Gasteiger partial charge is 0.506 e. The van der Waals surface area contributed by atoms with Crippen LogP contribution in [0.2, 0.25) is 0 Å². The molecule has 2 aliphatic heterocycles. The third-order valence-electron chi connectivity index (χ3n) is 6.19. The number of sulfonamides is 1. The first-order chi connectivity index (χ1) is 15.4. The Balaban J connectivity index is 1.55. The SMILES string of the molecule is O=[N+]([O-])c1cc(S(=O)(=O)N2CCCCCC2)ccc1N1CCN(c2ccccc2O)CC1. The smallest absolute Gasteiger partial charge is 0.293 e. The van der Waals surface area contributed by atoms with Gasteiger partial charge in [0.05, 0.1) is 15.5 Å². The minimum Gasteiger partial charge on any atom is -0.506 e. The molecule has 0 amide bonds. The Morgan fingerprint density at radius 1 is 0.812 bits per heavy atom. The number of nitro benzene ring substituents is 1. The van der Waals surface area contributed by atoms with Crippen LogP contribution in [0.25, 0.3) is 0 Å². The Labute approximate surface area is 188 Å². The van der Waals surface area contributed by atoms with Gasteiger partial charge in [0.25, 0.3) is 5.69 Å². The maximum absolute atomic E-state index is 13.1. The van der Waals surface area contributed by atoms with Crippen molar-refractivity contribution in [1.29, 1.82) is 0 Å². The molecular formula is C22H28N4O5S. The van der Waals surface area contributed by atoms with Crippen molar-refractivity contribution >= 4 is 27.1 Å². The average molecular weight is 461 g/mol. The van der Waals surface area contributed by atoms with Crippen molar-refractivity contribution in [3.8, 4) is 5.75 Å². The number of phenols is 1. The molecule has 2 aromatic carbocycles. The fourth-order valence-electron chi connectivity index (χ4n) is 4.43. The van der Waals surface area contributed by atoms with Crippen LogP contribution in [0.5, 0.6) is 5.75 Å². The summed E-state index contributed by atoms with van der Waals surface area (Å²) in [5.74, 6) is 0.204. The molecule has 0 aromatic heterocycles. The lowest BCUT2D eigenvalue weighted by Gasteiger charge is -2.37. The van der Waals surface area contributed by atoms with E-state index in [1.54, 1.807) is 18.2 Å². The molecular weight excluding hydrogens is 432 g/mol. The molecule has 0 unspecified atom stereocenters. The first kappa shape index (κ1) is 22.3. The van der Waals surface area contributed by atoms with Crippen molar-refractivity contribution in [3.05, 3.63) is 52.6 Å². The molecule has 4 rings (SSSR count). The average Bonchev–Trinajstić information content (AvgIpc) is 3.09. The van der Waals surface area contributed by atoms with Crippen LogP contribution in [0, 0.1) is 10.1 Å². The molecule has 2 fully saturated rings. The normalized spacial score (nSPS) is 18.4. The molecule has 32 heavy (non-hydrogen) atoms. The zero-order valence-electron chi connectivity index (χ0n) is 17.9. The number of aromatic hydroxyl groups is 1. The molecule has 0 spiro atoms. The summed E-state index contributed by atoms with van der Waals surface area (Å²) in [6, 6.07) is 11.3. The number of nitrogens with zero attached hydrogens (tertiary/aromatic N) is 4. The second kappa shape index (κ2) is 9.33. The molecule has 0 atom stereocenters. The third kappa shape index (κ3) is 4.51. The lowest BCUT2D eigenvalue weighted by atomic mass is 10.2. The summed E-state index contributed by atoms with van der Waals surface area (Å²) < 4.78 is 27.6. The first-order valence-electron chi connectivity index (χ1n) is 10.9. The van der Waals surface area contributed by atoms with Gasteiger partial charge in [0, 0.05) is 45.3 Å². The predicted octanol–water partition coefficient (Wildman–Crippen LogP) is 3.19. The van der Waals surface area contributed by atoms with Crippen LogP contribution in [0.4, 0.5) is 17.1 Å². The third-order valence-corrected chi connectivity index (χ3v) is 8.08. The fourth-order valence-corrected chi connectivity index (χ4v) is 5.97. The number of nitro groups is 1. The van der Waals surface area contributed by atoms with E-state index >= 15 is 0 Å². The van der Waals surface area contributed by atoms with Crippen LogP contribution in [0.1, 0.15) is 25.7 Å². The minimum atomic E-state index is -3.76. The Morgan fingerprint density at radius 2 is 1.41 bits per heavy atom. The molecule has 0 saturated carbocycles. The summed E-state index contributed by atoms with van der Waals surface area (Å²) in [6.07, 6.45) is 3.61. The Hall–Kier alpha value is -2.85. The maximum Gasteiger partial charge on any atom is 0.293 e. The van der Waals surface area contributed by atoms with Crippen LogP contribution in [-0.4, -0.2) is 62.0 Å². The highest BCUT2D eigenvalue weighted by atomic mass is 32.2. The molecule has 9 nitrogen and oxygen atoms in total. The molecule has 0 aliphatic carbocycles. The number of rotatable bonds is 5. The number of hydrogen-bond acceptors (Lipinski definition) is 7. The molecule has 10 heteroatoms. The van der Waals surface area contributed by atoms with E-state index in [0.29, 0.717) is 45.0 Å². The van der Waals surface area contributed by atoms with Crippen LogP contribution in [0.3, 0.4) is 0 Å². The highest BCUT2D eigenvalue weighted by Crippen LogP contribution is 2.34. The topological polar surface area (TPSA) is 107 Å². The fraction of sp³-hybridized carbons (Fsp3) is 0.455. The quantitative estimate of drug-likeness (QED) is 0.539. The summed E-state index contributed by atoms with van der Waals surface area (Å²) >= 11 is 0. The minimum absolute atomic E-state index is 0.0253. The highest BCUT2D eigenvalue weighted by Gasteiger charge is 2.30. The summed E-state index contributed by atoms with van der Waals surface area (Å²) in [5, 5.41) is 21.9. The lowest BCUT2D eigenvalue weighted by Crippen LogP contribution is -2.46. The summed E-state index contributed by atoms with van der Waals surface area (Å²) in [5.41, 5.74) is 0.958. The lowest BCUT2D eigenvalue weighted by molar-refractivity contribution is -0.384. The van der Waals surface area contributed by atoms with Crippen LogP contribution < -0.4 is 9.80 Å². The van der Waals surface area contributed by atoms with Crippen molar-refractivity contribution in [1.82, 2.24) is 4.31 Å². The zero-order valence-corrected chi connectivity index (χ0v) is 18.7. The maximum atomic E-state index is 13.1. The molecule has 0 bridgehead atoms. The van der Waals surface area contributed by atoms with E-state index in [4.69, 9.17) is 0 Å². The van der Waals surface area contributed by atoms with E-state index in [1.807, 2.05) is 21.9 Å². The van der Waals surface area contributed by atoms with Gasteiger partial charge in [-0.25, -0.2) is 8.42 Å². The van der Waals surface area contributed by atoms with E-state index in [-0.39, 0.29) is 16.3 Å². The van der Waals surface area contributed by atoms with E-state index in [0.717, 1.165) is 31.4 Å². The van der Waals surface area contributed by atoms with Crippen LogP contribution in [-0.2, 0) is 10.0 Å². The Morgan fingerprint density at radius 3 is 2.00 bits per heavy atom. The monoisotopic (exact) mass is 460 g/mol. The second-order valence-electron chi connectivity index (χ2n) is 8.19. The van der Waals surface area contributed by atoms with Crippen molar-refractivity contribution < 1.29 is 18.4 Å². The number of hydrogen-bond donors (Lipinski definition) is 1. The Bertz CT molecular complexity index is 1080. The van der Waals surface area contributed by atoms with Gasteiger partial charge in [-0.3, -0.25) is 10.1 Å². The van der Waals surface area contributed by atoms with Crippen molar-refractivity contribution in [2.75, 3.05) is 49.1 Å². The van der Waals surface area contributed by atoms with E-state index in [9.17, 15) is 23.6 Å². The number of phenolic OH excluding ortho intramolecular Hbond substituents is 1. The molecule has 1 N–H and O–H groups in total. The van der Waals surface area contributed by atoms with Gasteiger partial charge in [0.1, 0.15) is 11.4 Å². The number of piperazine rings is 1. The molecule has 0 radical (unpaired) electrons. The van der Waals surface area contributed by atoms with Gasteiger partial charge in [0.15, 0.2) is 0 Å². The van der Waals surface area contributed by atoms with Gasteiger partial charge in [0.2, 0.25) is 10.0 Å². The first-order valence-corrected chi connectivity index (χ1v) is 12.4. The number of anilines is 2. The Kier molecular flexibility index (Phi) is 6.52. The van der Waals surface area contributed by atoms with Crippen molar-refractivity contribution in [2.45, 2.75) is 30.6 Å². The summed E-state index contributed by atoms with van der Waals surface area (Å²) in [6.45, 7) is 3.12. The predicted molar refractivity (Wildman–Crippen MR) is 123 cm³/mol. The van der Waals surface area contributed by atoms with Crippen LogP contribution >= 0.6 is 0 Å². The molecule has 2 aromatic rings. The van der Waals surface area contributed by atoms with Crippen LogP contribution in [0.15, 0.2) is 47.4 Å². The van der Waals surface area contributed by atoms with Crippen molar-refractivity contribution in [3.63, 3.8) is 0 Å². The number of benzene rings is 2. The zero-order chi connectivity index (χ0) is 22.7. The van der Waals surface area contributed by atoms with Gasteiger partial charge >= 0.3 is 0 Å². The van der Waals surface area contributed by atoms with E-state index in [1.165, 1.54) is 16.4 Å². The highest BCUT2D eigenvalue weighted by molar-refractivity contribution is 7.89. The molecule has 2 saturated heterocycles. The molecule has 2 heterocycles. The van der Waals surface area contributed by atoms with E-state index in [2.05, 4.69) is 0 Å². The van der Waals surface area contributed by atoms with Gasteiger partial charge in [-0.2, -0.15) is 4.31 Å². The molecule has 2 aliphatic rings. The second-order valence-corrected chi connectivity index (χ2v) is 10.1. The number of para-hydroxylation sites is 2.